The van der Waals surface area contributed by atoms with Gasteiger partial charge in [0.25, 0.3) is 0 Å². The number of amides is 1. The smallest absolute Gasteiger partial charge is 0.220 e. The first-order valence-electron chi connectivity index (χ1n) is 12.5. The zero-order valence-electron chi connectivity index (χ0n) is 20.4. The van der Waals surface area contributed by atoms with E-state index >= 15 is 0 Å². The minimum absolute atomic E-state index is 0.114. The van der Waals surface area contributed by atoms with Gasteiger partial charge in [-0.15, -0.1) is 0 Å². The minimum atomic E-state index is -0.870. The number of allylic oxidation sites excluding steroid dienone is 9. The second kappa shape index (κ2) is 23.7. The Balaban J connectivity index is 3.87. The van der Waals surface area contributed by atoms with Gasteiger partial charge < -0.3 is 15.5 Å². The van der Waals surface area contributed by atoms with E-state index in [2.05, 4.69) is 67.8 Å². The van der Waals surface area contributed by atoms with Gasteiger partial charge in [-0.3, -0.25) is 4.79 Å². The first-order valence-corrected chi connectivity index (χ1v) is 12.5. The first-order chi connectivity index (χ1) is 15.7. The maximum Gasteiger partial charge on any atom is 0.220 e. The maximum atomic E-state index is 12.1. The number of hydrogen-bond acceptors (Lipinski definition) is 3. The van der Waals surface area contributed by atoms with Crippen LogP contribution in [0.15, 0.2) is 60.8 Å². The molecule has 0 aliphatic heterocycles. The highest BCUT2D eigenvalue weighted by Gasteiger charge is 2.17. The Bertz CT molecular complexity index is 575. The van der Waals surface area contributed by atoms with Crippen LogP contribution in [-0.2, 0) is 4.79 Å². The van der Waals surface area contributed by atoms with Gasteiger partial charge in [-0.1, -0.05) is 87.4 Å². The predicted molar refractivity (Wildman–Crippen MR) is 137 cm³/mol. The number of rotatable bonds is 20. The van der Waals surface area contributed by atoms with Gasteiger partial charge in [0.05, 0.1) is 18.8 Å². The summed E-state index contributed by atoms with van der Waals surface area (Å²) in [5.41, 5.74) is 0. The Morgan fingerprint density at radius 1 is 0.781 bits per heavy atom. The molecule has 0 rings (SSSR count). The third kappa shape index (κ3) is 20.0. The van der Waals surface area contributed by atoms with Crippen LogP contribution in [0.25, 0.3) is 0 Å². The van der Waals surface area contributed by atoms with Gasteiger partial charge in [-0.25, -0.2) is 0 Å². The largest absolute Gasteiger partial charge is 0.394 e. The molecule has 0 saturated heterocycles. The van der Waals surface area contributed by atoms with Crippen molar-refractivity contribution in [1.29, 1.82) is 0 Å². The fraction of sp³-hybridized carbons (Fsp3) is 0.607. The number of carbonyl (C=O) groups excluding carboxylic acids is 1. The van der Waals surface area contributed by atoms with Crippen molar-refractivity contribution < 1.29 is 15.0 Å². The molecule has 0 aromatic rings. The molecule has 0 saturated carbocycles. The molecule has 32 heavy (non-hydrogen) atoms. The highest BCUT2D eigenvalue weighted by molar-refractivity contribution is 5.76. The van der Waals surface area contributed by atoms with E-state index in [1.54, 1.807) is 6.08 Å². The average Bonchev–Trinajstić information content (AvgIpc) is 2.79. The Labute approximate surface area is 196 Å². The van der Waals surface area contributed by atoms with Crippen LogP contribution in [0.4, 0.5) is 0 Å². The molecule has 0 aliphatic carbocycles. The summed E-state index contributed by atoms with van der Waals surface area (Å²) in [7, 11) is 0. The summed E-state index contributed by atoms with van der Waals surface area (Å²) >= 11 is 0. The summed E-state index contributed by atoms with van der Waals surface area (Å²) in [4.78, 5) is 12.1. The predicted octanol–water partition coefficient (Wildman–Crippen LogP) is 6.33. The molecule has 0 bridgehead atoms. The molecule has 0 heterocycles. The molecule has 0 aliphatic rings. The van der Waals surface area contributed by atoms with Crippen molar-refractivity contribution in [2.45, 2.75) is 103 Å². The fourth-order valence-corrected chi connectivity index (χ4v) is 3.03. The van der Waals surface area contributed by atoms with Gasteiger partial charge in [0, 0.05) is 6.42 Å². The topological polar surface area (TPSA) is 69.6 Å². The third-order valence-corrected chi connectivity index (χ3v) is 4.97. The van der Waals surface area contributed by atoms with E-state index in [1.807, 2.05) is 6.08 Å². The Morgan fingerprint density at radius 3 is 2.09 bits per heavy atom. The van der Waals surface area contributed by atoms with Crippen molar-refractivity contribution in [2.75, 3.05) is 6.61 Å². The maximum absolute atomic E-state index is 12.1. The molecular weight excluding hydrogens is 398 g/mol. The number of aliphatic hydroxyl groups excluding tert-OH is 2. The molecule has 2 atom stereocenters. The van der Waals surface area contributed by atoms with Crippen molar-refractivity contribution >= 4 is 5.91 Å². The minimum Gasteiger partial charge on any atom is -0.394 e. The highest BCUT2D eigenvalue weighted by atomic mass is 16.3. The van der Waals surface area contributed by atoms with Crippen molar-refractivity contribution in [3.8, 4) is 0 Å². The van der Waals surface area contributed by atoms with Gasteiger partial charge in [0.15, 0.2) is 0 Å². The van der Waals surface area contributed by atoms with E-state index in [-0.39, 0.29) is 12.5 Å². The number of unbranched alkanes of at least 4 members (excludes halogenated alkanes) is 5. The average molecular weight is 446 g/mol. The molecule has 0 spiro atoms. The van der Waals surface area contributed by atoms with Crippen molar-refractivity contribution in [3.63, 3.8) is 0 Å². The van der Waals surface area contributed by atoms with Gasteiger partial charge in [-0.2, -0.15) is 0 Å². The molecule has 3 N–H and O–H groups in total. The van der Waals surface area contributed by atoms with Gasteiger partial charge in [-0.05, 0) is 57.8 Å². The SMILES string of the molecule is CC/C=C\C/C=C\C/C=C\CCCCCC(=O)NC(CO)C(O)/C=C/CC/C=C/CCC. The van der Waals surface area contributed by atoms with Crippen LogP contribution >= 0.6 is 0 Å². The van der Waals surface area contributed by atoms with E-state index in [9.17, 15) is 15.0 Å². The van der Waals surface area contributed by atoms with Gasteiger partial charge in [0.1, 0.15) is 0 Å². The van der Waals surface area contributed by atoms with Gasteiger partial charge in [0.2, 0.25) is 5.91 Å². The lowest BCUT2D eigenvalue weighted by atomic mass is 10.1. The molecule has 0 aromatic carbocycles. The van der Waals surface area contributed by atoms with E-state index in [0.717, 1.165) is 70.6 Å². The molecule has 182 valence electrons. The molecule has 0 fully saturated rings. The molecule has 0 aromatic heterocycles. The van der Waals surface area contributed by atoms with Crippen LogP contribution in [0.1, 0.15) is 90.9 Å². The summed E-state index contributed by atoms with van der Waals surface area (Å²) in [5.74, 6) is -0.114. The normalized spacial score (nSPS) is 14.5. The second-order valence-electron chi connectivity index (χ2n) is 8.01. The number of nitrogens with one attached hydrogen (secondary N) is 1. The van der Waals surface area contributed by atoms with Crippen LogP contribution < -0.4 is 5.32 Å². The first kappa shape index (κ1) is 30.1. The molecule has 2 unspecified atom stereocenters. The van der Waals surface area contributed by atoms with Crippen molar-refractivity contribution in [2.24, 2.45) is 0 Å². The summed E-state index contributed by atoms with van der Waals surface area (Å²) in [5, 5.41) is 22.4. The molecule has 4 heteroatoms. The van der Waals surface area contributed by atoms with E-state index in [0.29, 0.717) is 6.42 Å². The lowest BCUT2D eigenvalue weighted by Gasteiger charge is -2.19. The summed E-state index contributed by atoms with van der Waals surface area (Å²) in [6.07, 6.45) is 31.6. The Kier molecular flexibility index (Phi) is 22.3. The van der Waals surface area contributed by atoms with Crippen LogP contribution in [0.3, 0.4) is 0 Å². The summed E-state index contributed by atoms with van der Waals surface area (Å²) < 4.78 is 0. The molecule has 4 nitrogen and oxygen atoms in total. The third-order valence-electron chi connectivity index (χ3n) is 4.97. The summed E-state index contributed by atoms with van der Waals surface area (Å²) in [6, 6.07) is -0.650. The number of aliphatic hydroxyl groups is 2. The Hall–Kier alpha value is -1.91. The zero-order valence-corrected chi connectivity index (χ0v) is 20.4. The quantitative estimate of drug-likeness (QED) is 0.152. The van der Waals surface area contributed by atoms with Gasteiger partial charge >= 0.3 is 0 Å². The summed E-state index contributed by atoms with van der Waals surface area (Å²) in [6.45, 7) is 4.01. The van der Waals surface area contributed by atoms with Crippen molar-refractivity contribution in [3.05, 3.63) is 60.8 Å². The standard InChI is InChI=1S/C28H47NO3/c1-3-5-7-9-11-12-13-14-15-16-18-20-22-24-28(32)29-26(25-30)27(31)23-21-19-17-10-8-6-4-2/h5,7-8,10-12,14-15,21,23,26-27,30-31H,3-4,6,9,13,16-20,22,24-25H2,1-2H3,(H,29,32)/b7-5-,10-8+,12-11-,15-14-,23-21+. The number of hydrogen-bond donors (Lipinski definition) is 3. The molecule has 0 radical (unpaired) electrons. The highest BCUT2D eigenvalue weighted by Crippen LogP contribution is 2.06. The van der Waals surface area contributed by atoms with Crippen molar-refractivity contribution in [1.82, 2.24) is 5.32 Å². The molecular formula is C28H47NO3. The van der Waals surface area contributed by atoms with E-state index in [4.69, 9.17) is 0 Å². The molecule has 1 amide bonds. The zero-order chi connectivity index (χ0) is 23.7. The second-order valence-corrected chi connectivity index (χ2v) is 8.01. The van der Waals surface area contributed by atoms with E-state index < -0.39 is 12.1 Å². The Morgan fingerprint density at radius 2 is 1.41 bits per heavy atom. The van der Waals surface area contributed by atoms with Crippen LogP contribution in [0.5, 0.6) is 0 Å². The van der Waals surface area contributed by atoms with Crippen LogP contribution in [0, 0.1) is 0 Å². The lowest BCUT2D eigenvalue weighted by Crippen LogP contribution is -2.45. The number of carbonyl (C=O) groups is 1. The fourth-order valence-electron chi connectivity index (χ4n) is 3.03. The van der Waals surface area contributed by atoms with Crippen LogP contribution in [0.2, 0.25) is 0 Å². The van der Waals surface area contributed by atoms with Crippen LogP contribution in [-0.4, -0.2) is 34.9 Å². The monoisotopic (exact) mass is 445 g/mol. The van der Waals surface area contributed by atoms with E-state index in [1.165, 1.54) is 0 Å². The lowest BCUT2D eigenvalue weighted by molar-refractivity contribution is -0.123.